The van der Waals surface area contributed by atoms with E-state index in [1.807, 2.05) is 36.4 Å². The average Bonchev–Trinajstić information content (AvgIpc) is 1.63. The molecule has 100 heavy (non-hydrogen) atoms. The maximum absolute atomic E-state index is 15.4. The first-order chi connectivity index (χ1) is 48.2. The van der Waals surface area contributed by atoms with Gasteiger partial charge in [0.15, 0.2) is 0 Å². The summed E-state index contributed by atoms with van der Waals surface area (Å²) in [4.78, 5) is 68.2. The van der Waals surface area contributed by atoms with Crippen molar-refractivity contribution in [3.8, 4) is 0 Å². The molecule has 8 aromatic rings. The van der Waals surface area contributed by atoms with Crippen molar-refractivity contribution in [2.24, 2.45) is 11.8 Å². The van der Waals surface area contributed by atoms with Gasteiger partial charge < -0.3 is 29.9 Å². The normalized spacial score (nSPS) is 21.5. The van der Waals surface area contributed by atoms with Gasteiger partial charge >= 0.3 is 0 Å². The Hall–Kier alpha value is -8.06. The minimum absolute atomic E-state index is 0.0634. The lowest BCUT2D eigenvalue weighted by Crippen LogP contribution is -2.59. The molecule has 0 radical (unpaired) electrons. The predicted molar refractivity (Wildman–Crippen MR) is 380 cm³/mol. The van der Waals surface area contributed by atoms with E-state index >= 15 is 8.78 Å². The van der Waals surface area contributed by atoms with E-state index < -0.39 is 114 Å². The van der Waals surface area contributed by atoms with Crippen LogP contribution >= 0.6 is 46.4 Å². The number of carbonyl (C=O) groups excluding carboxylic acids is 4. The van der Waals surface area contributed by atoms with Crippen LogP contribution in [0, 0.1) is 23.5 Å². The van der Waals surface area contributed by atoms with Gasteiger partial charge in [0.05, 0.1) is 72.0 Å². The van der Waals surface area contributed by atoms with Gasteiger partial charge in [0.25, 0.3) is 11.8 Å². The number of sulfonamides is 2. The SMILES string of the molecule is O=C(C[C@@H]1O[C@H](c2cccc(Cl)c2)[C@@H](c2ccc(Cl)cc2)N([C@H](CN(c2ccccc2F)S(=O)(=O)C2CC2)C2CC2)C1=O)Nc1ccccn1.O=C(C[C@H]1O[C@H](c2cccc(Cl)c2)[C@@H](c2ccc(Cl)cc2)N([C@H](CN(c2ccccc2F)S(=O)(=O)C2CC2)C2CC2)C1=O)Nc1ccccn1. The van der Waals surface area contributed by atoms with Gasteiger partial charge in [0.2, 0.25) is 31.9 Å². The zero-order chi connectivity index (χ0) is 70.0. The fraction of sp³-hybridized carbons (Fsp3) is 0.324. The lowest BCUT2D eigenvalue weighted by molar-refractivity contribution is -0.181. The summed E-state index contributed by atoms with van der Waals surface area (Å²) in [6.45, 7) is -0.342. The molecule has 6 fully saturated rings. The Kier molecular flexibility index (Phi) is 21.3. The van der Waals surface area contributed by atoms with Crippen molar-refractivity contribution < 1.29 is 54.3 Å². The van der Waals surface area contributed by atoms with Crippen LogP contribution in [0.1, 0.15) is 111 Å². The number of hydrogen-bond donors (Lipinski definition) is 2. The van der Waals surface area contributed by atoms with Gasteiger partial charge in [0.1, 0.15) is 47.7 Å². The number of para-hydroxylation sites is 2. The van der Waals surface area contributed by atoms with E-state index in [1.54, 1.807) is 131 Å². The van der Waals surface area contributed by atoms with Crippen molar-refractivity contribution in [1.29, 1.82) is 0 Å². The third kappa shape index (κ3) is 16.1. The fourth-order valence-electron chi connectivity index (χ4n) is 13.3. The Balaban J connectivity index is 0.000000179. The molecule has 6 aromatic carbocycles. The molecule has 4 amide bonds. The number of amides is 4. The second-order valence-corrected chi connectivity index (χ2v) is 31.9. The van der Waals surface area contributed by atoms with E-state index in [4.69, 9.17) is 55.9 Å². The van der Waals surface area contributed by atoms with Crippen molar-refractivity contribution in [3.05, 3.63) is 248 Å². The second kappa shape index (κ2) is 30.3. The van der Waals surface area contributed by atoms with Crippen molar-refractivity contribution in [2.45, 2.75) is 123 Å². The average molecular weight is 1480 g/mol. The summed E-state index contributed by atoms with van der Waals surface area (Å²) in [6, 6.07) is 47.2. The van der Waals surface area contributed by atoms with Crippen LogP contribution in [0.15, 0.2) is 194 Å². The molecule has 0 unspecified atom stereocenters. The Morgan fingerprint density at radius 3 is 1.17 bits per heavy atom. The number of aromatic nitrogens is 2. The summed E-state index contributed by atoms with van der Waals surface area (Å²) in [5.41, 5.74) is 2.58. The van der Waals surface area contributed by atoms with E-state index in [2.05, 4.69) is 20.6 Å². The molecule has 14 rings (SSSR count). The first kappa shape index (κ1) is 70.4. The number of hydrogen-bond acceptors (Lipinski definition) is 12. The first-order valence-corrected chi connectivity index (χ1v) is 37.6. The Bertz CT molecular complexity index is 4240. The quantitative estimate of drug-likeness (QED) is 0.0577. The van der Waals surface area contributed by atoms with Gasteiger partial charge in [-0.3, -0.25) is 27.8 Å². The molecule has 2 aromatic heterocycles. The monoisotopic (exact) mass is 1470 g/mol. The van der Waals surface area contributed by atoms with Gasteiger partial charge in [-0.2, -0.15) is 0 Å². The molecule has 26 heteroatoms. The van der Waals surface area contributed by atoms with Crippen LogP contribution < -0.4 is 19.2 Å². The third-order valence-corrected chi connectivity index (χ3v) is 24.3. The van der Waals surface area contributed by atoms with Crippen molar-refractivity contribution in [1.82, 2.24) is 19.8 Å². The van der Waals surface area contributed by atoms with Crippen LogP contribution in [-0.2, 0) is 48.7 Å². The molecule has 2 saturated heterocycles. The summed E-state index contributed by atoms with van der Waals surface area (Å²) >= 11 is 25.6. The highest BCUT2D eigenvalue weighted by atomic mass is 35.5. The van der Waals surface area contributed by atoms with E-state index in [1.165, 1.54) is 36.4 Å². The predicted octanol–water partition coefficient (Wildman–Crippen LogP) is 14.7. The summed E-state index contributed by atoms with van der Waals surface area (Å²) in [7, 11) is -7.94. The maximum atomic E-state index is 15.4. The smallest absolute Gasteiger partial charge is 0.253 e. The highest BCUT2D eigenvalue weighted by Gasteiger charge is 2.55. The Labute approximate surface area is 599 Å². The minimum Gasteiger partial charge on any atom is -0.357 e. The van der Waals surface area contributed by atoms with E-state index in [9.17, 15) is 36.0 Å². The van der Waals surface area contributed by atoms with Crippen LogP contribution in [0.25, 0.3) is 0 Å². The van der Waals surface area contributed by atoms with Crippen LogP contribution in [0.2, 0.25) is 20.1 Å². The maximum Gasteiger partial charge on any atom is 0.253 e. The standard InChI is InChI=1S/2C37H35Cl2FN4O5S/c2*38-26-15-13-24(14-16-26)35-36(25-6-5-7-27(39)20-25)49-32(21-34(45)42-33-10-3-4-19-41-33)37(46)44(35)31(23-11-12-23)22-43(50(47,48)28-17-18-28)30-9-2-1-8-29(30)40/h2*1-10,13-16,19-20,23,28,31-32,35-36H,11-12,17-18,21-22H2,(H,41,42,45)/t31-,32+,35-,36-;31-,32-,35-,36-/m11/s1. The molecule has 8 atom stereocenters. The number of ether oxygens (including phenoxy) is 2. The van der Waals surface area contributed by atoms with Gasteiger partial charge in [-0.05, 0) is 183 Å². The number of nitrogens with one attached hydrogen (secondary N) is 2. The molecule has 4 aliphatic carbocycles. The molecule has 18 nitrogen and oxygen atoms in total. The number of nitrogens with zero attached hydrogens (tertiary/aromatic N) is 6. The molecular weight excluding hydrogens is 1400 g/mol. The summed E-state index contributed by atoms with van der Waals surface area (Å²) in [5, 5.41) is 6.10. The number of anilines is 4. The lowest BCUT2D eigenvalue weighted by atomic mass is 9.89. The number of morpholine rings is 2. The molecule has 6 aliphatic rings. The number of benzene rings is 6. The molecule has 0 spiro atoms. The third-order valence-electron chi connectivity index (χ3n) is 18.7. The first-order valence-electron chi connectivity index (χ1n) is 33.1. The minimum atomic E-state index is -3.97. The highest BCUT2D eigenvalue weighted by Crippen LogP contribution is 2.52. The summed E-state index contributed by atoms with van der Waals surface area (Å²) in [6.07, 6.45) is 3.20. The summed E-state index contributed by atoms with van der Waals surface area (Å²) in [5.74, 6) is -2.79. The molecule has 2 N–H and O–H groups in total. The van der Waals surface area contributed by atoms with Crippen molar-refractivity contribution >= 4 is 113 Å². The molecule has 0 bridgehead atoms. The number of pyridine rings is 2. The topological polar surface area (TPSA) is 218 Å². The zero-order valence-corrected chi connectivity index (χ0v) is 58.4. The zero-order valence-electron chi connectivity index (χ0n) is 53.7. The molecule has 520 valence electrons. The van der Waals surface area contributed by atoms with Crippen LogP contribution in [0.5, 0.6) is 0 Å². The van der Waals surface area contributed by atoms with Gasteiger partial charge in [0, 0.05) is 32.5 Å². The Morgan fingerprint density at radius 1 is 0.470 bits per heavy atom. The largest absolute Gasteiger partial charge is 0.357 e. The number of halogens is 6. The fourth-order valence-corrected chi connectivity index (χ4v) is 17.7. The van der Waals surface area contributed by atoms with E-state index in [0.29, 0.717) is 79.7 Å². The second-order valence-electron chi connectivity index (χ2n) is 25.9. The Morgan fingerprint density at radius 2 is 0.840 bits per heavy atom. The molecule has 4 heterocycles. The van der Waals surface area contributed by atoms with Gasteiger partial charge in [-0.25, -0.2) is 35.6 Å². The molecule has 2 aliphatic heterocycles. The van der Waals surface area contributed by atoms with Gasteiger partial charge in [-0.15, -0.1) is 0 Å². The van der Waals surface area contributed by atoms with Crippen LogP contribution in [-0.4, -0.2) is 108 Å². The number of rotatable bonds is 24. The lowest BCUT2D eigenvalue weighted by Gasteiger charge is -2.49. The van der Waals surface area contributed by atoms with Crippen LogP contribution in [0.3, 0.4) is 0 Å². The van der Waals surface area contributed by atoms with E-state index in [0.717, 1.165) is 34.3 Å². The van der Waals surface area contributed by atoms with Crippen LogP contribution in [0.4, 0.5) is 31.8 Å². The molecular formula is C74H70Cl4F2N8O10S2. The number of carbonyl (C=O) groups is 4. The van der Waals surface area contributed by atoms with Crippen molar-refractivity contribution in [3.63, 3.8) is 0 Å². The van der Waals surface area contributed by atoms with Crippen molar-refractivity contribution in [2.75, 3.05) is 32.3 Å². The molecule has 4 saturated carbocycles. The van der Waals surface area contributed by atoms with Gasteiger partial charge in [-0.1, -0.05) is 131 Å². The van der Waals surface area contributed by atoms with E-state index in [-0.39, 0.29) is 49.1 Å². The summed E-state index contributed by atoms with van der Waals surface area (Å²) < 4.78 is 102. The highest BCUT2D eigenvalue weighted by molar-refractivity contribution is 7.94.